The van der Waals surface area contributed by atoms with Crippen molar-refractivity contribution in [3.8, 4) is 5.75 Å². The molecule has 4 amide bonds. The Morgan fingerprint density at radius 3 is 2.08 bits per heavy atom. The third kappa shape index (κ3) is 4.98. The maximum Gasteiger partial charge on any atom is 0.241 e. The van der Waals surface area contributed by atoms with Crippen molar-refractivity contribution in [1.82, 2.24) is 0 Å². The molecule has 0 bridgehead atoms. The van der Waals surface area contributed by atoms with Gasteiger partial charge >= 0.3 is 0 Å². The average molecular weight is 681 g/mol. The number of imide groups is 2. The molecule has 3 fully saturated rings. The van der Waals surface area contributed by atoms with Gasteiger partial charge in [-0.2, -0.15) is 0 Å². The lowest BCUT2D eigenvalue weighted by Crippen LogP contribution is -2.49. The molecule has 256 valence electrons. The standard InChI is InChI=1S/C42H36N2O7/c1-42-33(39(48)44(41(42)50)27-12-6-3-7-13-27)24-32-29(36(42)30-14-8-9-15-34(30)51-23-22-45)20-21-31-35(32)40(49)43(38(31)47)28-18-16-26(17-19-28)37(46)25-10-4-2-5-11-25/h2-20,31-33,35-36,45H,21-24H2,1H3. The fourth-order valence-corrected chi connectivity index (χ4v) is 8.96. The zero-order chi connectivity index (χ0) is 35.4. The second kappa shape index (κ2) is 12.6. The average Bonchev–Trinajstić information content (AvgIpc) is 3.53. The number of ketones is 1. The minimum absolute atomic E-state index is 0.0394. The number of para-hydroxylation sites is 2. The number of benzene rings is 4. The molecule has 4 aromatic carbocycles. The van der Waals surface area contributed by atoms with E-state index in [-0.39, 0.29) is 49.0 Å². The molecule has 1 N–H and O–H groups in total. The van der Waals surface area contributed by atoms with Gasteiger partial charge in [0, 0.05) is 22.6 Å². The fourth-order valence-electron chi connectivity index (χ4n) is 8.96. The highest BCUT2D eigenvalue weighted by Gasteiger charge is 2.68. The van der Waals surface area contributed by atoms with Crippen LogP contribution in [0, 0.1) is 29.1 Å². The van der Waals surface area contributed by atoms with Crippen molar-refractivity contribution in [2.45, 2.75) is 25.7 Å². The van der Waals surface area contributed by atoms with Gasteiger partial charge in [0.2, 0.25) is 23.6 Å². The molecule has 2 aliphatic heterocycles. The van der Waals surface area contributed by atoms with Crippen LogP contribution in [-0.4, -0.2) is 47.7 Å². The largest absolute Gasteiger partial charge is 0.491 e. The van der Waals surface area contributed by atoms with E-state index in [0.29, 0.717) is 40.2 Å². The number of ether oxygens (including phenoxy) is 1. The van der Waals surface area contributed by atoms with Gasteiger partial charge in [-0.25, -0.2) is 4.90 Å². The van der Waals surface area contributed by atoms with Crippen LogP contribution in [0.5, 0.6) is 5.75 Å². The highest BCUT2D eigenvalue weighted by atomic mass is 16.5. The Balaban J connectivity index is 1.19. The van der Waals surface area contributed by atoms with E-state index in [1.165, 1.54) is 9.80 Å². The Labute approximate surface area is 295 Å². The second-order valence-corrected chi connectivity index (χ2v) is 13.9. The normalized spacial score (nSPS) is 26.8. The Hall–Kier alpha value is -5.67. The first kappa shape index (κ1) is 32.5. The number of amides is 4. The van der Waals surface area contributed by atoms with Crippen LogP contribution in [0.15, 0.2) is 121 Å². The topological polar surface area (TPSA) is 121 Å². The van der Waals surface area contributed by atoms with Crippen molar-refractivity contribution in [3.63, 3.8) is 0 Å². The van der Waals surface area contributed by atoms with Gasteiger partial charge in [0.25, 0.3) is 0 Å². The third-order valence-corrected chi connectivity index (χ3v) is 11.3. The van der Waals surface area contributed by atoms with E-state index in [1.807, 2.05) is 43.3 Å². The molecule has 2 saturated heterocycles. The first-order valence-corrected chi connectivity index (χ1v) is 17.3. The number of hydrogen-bond acceptors (Lipinski definition) is 7. The molecule has 0 radical (unpaired) electrons. The van der Waals surface area contributed by atoms with Crippen molar-refractivity contribution in [2.24, 2.45) is 29.1 Å². The molecule has 51 heavy (non-hydrogen) atoms. The smallest absolute Gasteiger partial charge is 0.241 e. The minimum atomic E-state index is -1.22. The van der Waals surface area contributed by atoms with E-state index in [4.69, 9.17) is 4.74 Å². The number of carbonyl (C=O) groups is 5. The van der Waals surface area contributed by atoms with Gasteiger partial charge < -0.3 is 9.84 Å². The number of aliphatic hydroxyl groups excluding tert-OH is 1. The lowest BCUT2D eigenvalue weighted by atomic mass is 9.51. The minimum Gasteiger partial charge on any atom is -0.491 e. The monoisotopic (exact) mass is 680 g/mol. The second-order valence-electron chi connectivity index (χ2n) is 13.9. The van der Waals surface area contributed by atoms with Crippen LogP contribution in [0.3, 0.4) is 0 Å². The predicted octanol–water partition coefficient (Wildman–Crippen LogP) is 5.72. The summed E-state index contributed by atoms with van der Waals surface area (Å²) in [5.74, 6) is -4.30. The van der Waals surface area contributed by atoms with Crippen LogP contribution in [0.25, 0.3) is 0 Å². The molecule has 9 heteroatoms. The molecule has 2 heterocycles. The number of allylic oxidation sites excluding steroid dienone is 2. The summed E-state index contributed by atoms with van der Waals surface area (Å²) in [5, 5.41) is 9.59. The summed E-state index contributed by atoms with van der Waals surface area (Å²) >= 11 is 0. The summed E-state index contributed by atoms with van der Waals surface area (Å²) in [6, 6.07) is 31.6. The maximum atomic E-state index is 14.6. The third-order valence-electron chi connectivity index (χ3n) is 11.3. The lowest BCUT2D eigenvalue weighted by molar-refractivity contribution is -0.131. The van der Waals surface area contributed by atoms with Gasteiger partial charge in [0.05, 0.1) is 41.2 Å². The number of anilines is 2. The molecule has 6 atom stereocenters. The highest BCUT2D eigenvalue weighted by molar-refractivity contribution is 6.25. The van der Waals surface area contributed by atoms with E-state index in [2.05, 4.69) is 0 Å². The van der Waals surface area contributed by atoms with Gasteiger partial charge in [-0.15, -0.1) is 0 Å². The maximum absolute atomic E-state index is 14.6. The van der Waals surface area contributed by atoms with Gasteiger partial charge in [-0.1, -0.05) is 78.4 Å². The van der Waals surface area contributed by atoms with E-state index in [9.17, 15) is 29.1 Å². The van der Waals surface area contributed by atoms with Gasteiger partial charge in [0.1, 0.15) is 12.4 Å². The van der Waals surface area contributed by atoms with Gasteiger partial charge in [-0.3, -0.25) is 28.9 Å². The van der Waals surface area contributed by atoms with Crippen molar-refractivity contribution in [3.05, 3.63) is 138 Å². The lowest BCUT2D eigenvalue weighted by Gasteiger charge is -2.49. The number of aliphatic hydroxyl groups is 1. The highest BCUT2D eigenvalue weighted by Crippen LogP contribution is 2.64. The molecular formula is C42H36N2O7. The van der Waals surface area contributed by atoms with Crippen molar-refractivity contribution < 1.29 is 33.8 Å². The summed E-state index contributed by atoms with van der Waals surface area (Å²) in [6.45, 7) is 1.67. The Bertz CT molecular complexity index is 2090. The molecule has 0 spiro atoms. The summed E-state index contributed by atoms with van der Waals surface area (Å²) < 4.78 is 6.00. The molecule has 4 aromatic rings. The van der Waals surface area contributed by atoms with Crippen LogP contribution >= 0.6 is 0 Å². The van der Waals surface area contributed by atoms with E-state index in [0.717, 1.165) is 5.57 Å². The number of carbonyl (C=O) groups excluding carboxylic acids is 5. The SMILES string of the molecule is CC12C(=O)N(c3ccccc3)C(=O)C1CC1C(=CCC3C(=O)N(c4ccc(C(=O)c5ccccc5)cc4)C(=O)C31)C2c1ccccc1OCCO. The Morgan fingerprint density at radius 1 is 0.745 bits per heavy atom. The Kier molecular flexibility index (Phi) is 8.03. The van der Waals surface area contributed by atoms with E-state index < -0.39 is 35.0 Å². The zero-order valence-corrected chi connectivity index (χ0v) is 28.0. The van der Waals surface area contributed by atoms with E-state index >= 15 is 0 Å². The van der Waals surface area contributed by atoms with Gasteiger partial charge in [0.15, 0.2) is 5.78 Å². The van der Waals surface area contributed by atoms with Crippen molar-refractivity contribution in [2.75, 3.05) is 23.0 Å². The van der Waals surface area contributed by atoms with Crippen LogP contribution in [0.4, 0.5) is 11.4 Å². The van der Waals surface area contributed by atoms with Crippen LogP contribution < -0.4 is 14.5 Å². The molecule has 1 saturated carbocycles. The molecule has 6 unspecified atom stereocenters. The Morgan fingerprint density at radius 2 is 1.37 bits per heavy atom. The van der Waals surface area contributed by atoms with E-state index in [1.54, 1.807) is 78.9 Å². The molecule has 8 rings (SSSR count). The first-order chi connectivity index (χ1) is 24.8. The molecule has 0 aromatic heterocycles. The first-order valence-electron chi connectivity index (χ1n) is 17.3. The number of rotatable bonds is 8. The fraction of sp³-hybridized carbons (Fsp3) is 0.262. The molecule has 4 aliphatic rings. The summed E-state index contributed by atoms with van der Waals surface area (Å²) in [4.78, 5) is 73.2. The quantitative estimate of drug-likeness (QED) is 0.144. The zero-order valence-electron chi connectivity index (χ0n) is 28.0. The molecular weight excluding hydrogens is 644 g/mol. The van der Waals surface area contributed by atoms with Gasteiger partial charge in [-0.05, 0) is 68.1 Å². The summed E-state index contributed by atoms with van der Waals surface area (Å²) in [6.07, 6.45) is 2.52. The van der Waals surface area contributed by atoms with Crippen molar-refractivity contribution >= 4 is 40.8 Å². The van der Waals surface area contributed by atoms with Crippen LogP contribution in [0.1, 0.15) is 47.2 Å². The number of hydrogen-bond donors (Lipinski definition) is 1. The number of nitrogens with zero attached hydrogens (tertiary/aromatic N) is 2. The summed E-state index contributed by atoms with van der Waals surface area (Å²) in [5.41, 5.74) is 2.16. The van der Waals surface area contributed by atoms with Crippen LogP contribution in [0.2, 0.25) is 0 Å². The molecule has 9 nitrogen and oxygen atoms in total. The predicted molar refractivity (Wildman–Crippen MR) is 189 cm³/mol. The summed E-state index contributed by atoms with van der Waals surface area (Å²) in [7, 11) is 0. The van der Waals surface area contributed by atoms with Crippen molar-refractivity contribution in [1.29, 1.82) is 0 Å². The number of fused-ring (bicyclic) bond motifs is 4. The van der Waals surface area contributed by atoms with Crippen LogP contribution in [-0.2, 0) is 19.2 Å². The molecule has 2 aliphatic carbocycles.